The van der Waals surface area contributed by atoms with Crippen molar-refractivity contribution in [3.63, 3.8) is 0 Å². The Balaban J connectivity index is 0.00000222. The van der Waals surface area contributed by atoms with E-state index in [1.807, 2.05) is 32.0 Å². The van der Waals surface area contributed by atoms with E-state index in [0.29, 0.717) is 34.9 Å². The van der Waals surface area contributed by atoms with Crippen LogP contribution in [0.25, 0.3) is 0 Å². The molecular formula is C28H29FN2O5. The van der Waals surface area contributed by atoms with Gasteiger partial charge in [-0.3, -0.25) is 4.79 Å². The molecule has 3 aromatic rings. The minimum absolute atomic E-state index is 0.146. The number of aliphatic carboxylic acids is 1. The van der Waals surface area contributed by atoms with Gasteiger partial charge >= 0.3 is 5.97 Å². The highest BCUT2D eigenvalue weighted by Crippen LogP contribution is 2.23. The maximum atomic E-state index is 13.2. The van der Waals surface area contributed by atoms with Gasteiger partial charge in [0, 0.05) is 5.56 Å². The molecular weight excluding hydrogens is 463 g/mol. The molecule has 3 rings (SSSR count). The van der Waals surface area contributed by atoms with Gasteiger partial charge in [0.05, 0.1) is 18.4 Å². The van der Waals surface area contributed by atoms with Gasteiger partial charge in [-0.25, -0.2) is 4.39 Å². The summed E-state index contributed by atoms with van der Waals surface area (Å²) in [5.41, 5.74) is 2.78. The molecule has 0 heterocycles. The molecule has 0 aliphatic heterocycles. The van der Waals surface area contributed by atoms with Crippen LogP contribution in [0.1, 0.15) is 42.9 Å². The van der Waals surface area contributed by atoms with Crippen LogP contribution in [0.3, 0.4) is 0 Å². The summed E-state index contributed by atoms with van der Waals surface area (Å²) < 4.78 is 24.7. The number of halogens is 1. The van der Waals surface area contributed by atoms with Gasteiger partial charge in [0.15, 0.2) is 0 Å². The summed E-state index contributed by atoms with van der Waals surface area (Å²) in [5, 5.41) is 22.0. The number of hydrogen-bond donors (Lipinski definition) is 1. The Bertz CT molecular complexity index is 1150. The van der Waals surface area contributed by atoms with Crippen LogP contribution in [0.15, 0.2) is 78.0 Å². The zero-order valence-corrected chi connectivity index (χ0v) is 20.5. The van der Waals surface area contributed by atoms with Crippen molar-refractivity contribution in [2.45, 2.75) is 32.8 Å². The molecule has 0 fully saturated rings. The Morgan fingerprint density at radius 2 is 1.56 bits per heavy atom. The highest BCUT2D eigenvalue weighted by Gasteiger charge is 2.14. The molecule has 1 N–H and O–H groups in total. The smallest absolute Gasteiger partial charge is 0.305 e. The first-order valence-electron chi connectivity index (χ1n) is 11.4. The van der Waals surface area contributed by atoms with Crippen LogP contribution < -0.4 is 9.47 Å². The van der Waals surface area contributed by atoms with Crippen molar-refractivity contribution in [1.29, 1.82) is 5.26 Å². The number of oxime groups is 1. The number of nitriles is 1. The molecule has 0 bridgehead atoms. The van der Waals surface area contributed by atoms with Gasteiger partial charge in [0.25, 0.3) is 0 Å². The summed E-state index contributed by atoms with van der Waals surface area (Å²) in [6.07, 6.45) is -0.242. The number of nitrogens with zero attached hydrogens (tertiary/aromatic N) is 2. The predicted molar refractivity (Wildman–Crippen MR) is 135 cm³/mol. The van der Waals surface area contributed by atoms with E-state index >= 15 is 0 Å². The summed E-state index contributed by atoms with van der Waals surface area (Å²) >= 11 is 0. The first-order valence-corrected chi connectivity index (χ1v) is 11.4. The third-order valence-corrected chi connectivity index (χ3v) is 4.90. The van der Waals surface area contributed by atoms with Crippen LogP contribution in [0.4, 0.5) is 4.39 Å². The molecule has 0 radical (unpaired) electrons. The van der Waals surface area contributed by atoms with E-state index in [4.69, 9.17) is 24.7 Å². The van der Waals surface area contributed by atoms with Crippen molar-refractivity contribution < 1.29 is 28.6 Å². The van der Waals surface area contributed by atoms with E-state index in [0.717, 1.165) is 5.56 Å². The van der Waals surface area contributed by atoms with Gasteiger partial charge in [0.1, 0.15) is 43.4 Å². The quantitative estimate of drug-likeness (QED) is 0.262. The Kier molecular flexibility index (Phi) is 11.4. The molecule has 1 atom stereocenters. The highest BCUT2D eigenvalue weighted by molar-refractivity contribution is 6.01. The number of carboxylic acids is 1. The Morgan fingerprint density at radius 3 is 2.11 bits per heavy atom. The van der Waals surface area contributed by atoms with E-state index in [1.165, 1.54) is 19.2 Å². The summed E-state index contributed by atoms with van der Waals surface area (Å²) in [7, 11) is 1.43. The number of benzene rings is 3. The van der Waals surface area contributed by atoms with Crippen LogP contribution in [0.2, 0.25) is 0 Å². The van der Waals surface area contributed by atoms with Gasteiger partial charge in [-0.05, 0) is 59.7 Å². The Labute approximate surface area is 210 Å². The largest absolute Gasteiger partial charge is 0.489 e. The summed E-state index contributed by atoms with van der Waals surface area (Å²) in [4.78, 5) is 15.7. The molecule has 8 heteroatoms. The van der Waals surface area contributed by atoms with Crippen LogP contribution in [0, 0.1) is 17.1 Å². The fraction of sp³-hybridized carbons (Fsp3) is 0.250. The molecule has 36 heavy (non-hydrogen) atoms. The molecule has 1 unspecified atom stereocenters. The molecule has 3 aromatic carbocycles. The van der Waals surface area contributed by atoms with Crippen molar-refractivity contribution in [3.05, 3.63) is 95.3 Å². The average Bonchev–Trinajstić information content (AvgIpc) is 2.91. The zero-order chi connectivity index (χ0) is 26.3. The summed E-state index contributed by atoms with van der Waals surface area (Å²) in [6.45, 7) is 4.47. The lowest BCUT2D eigenvalue weighted by Gasteiger charge is -2.11. The lowest BCUT2D eigenvalue weighted by molar-refractivity contribution is -0.137. The van der Waals surface area contributed by atoms with E-state index < -0.39 is 11.9 Å². The standard InChI is InChI=1S/C26H23FN2O5.C2H6/c1-32-29-25(20-4-8-22(27)9-5-20)17-34-23-10-2-18(3-11-23)16-33-24-12-6-19(7-13-24)21(15-28)14-26(30)31;1-2/h2-13,21H,14,16-17H2,1H3,(H,30,31);1-2H3/b29-25+;. The molecule has 0 spiro atoms. The van der Waals surface area contributed by atoms with Crippen molar-refractivity contribution >= 4 is 11.7 Å². The molecule has 0 saturated heterocycles. The lowest BCUT2D eigenvalue weighted by atomic mass is 9.97. The summed E-state index contributed by atoms with van der Waals surface area (Å²) in [6, 6.07) is 22.1. The van der Waals surface area contributed by atoms with E-state index in [-0.39, 0.29) is 18.8 Å². The van der Waals surface area contributed by atoms with Crippen LogP contribution in [-0.4, -0.2) is 30.5 Å². The molecule has 188 valence electrons. The van der Waals surface area contributed by atoms with Gasteiger partial charge in [0.2, 0.25) is 0 Å². The fourth-order valence-electron chi connectivity index (χ4n) is 3.12. The summed E-state index contributed by atoms with van der Waals surface area (Å²) in [5.74, 6) is -0.816. The normalized spacial score (nSPS) is 11.4. The third-order valence-electron chi connectivity index (χ3n) is 4.90. The molecule has 0 aliphatic carbocycles. The molecule has 0 aromatic heterocycles. The third kappa shape index (κ3) is 8.76. The van der Waals surface area contributed by atoms with E-state index in [9.17, 15) is 9.18 Å². The van der Waals surface area contributed by atoms with Crippen molar-refractivity contribution in [1.82, 2.24) is 0 Å². The Morgan fingerprint density at radius 1 is 0.972 bits per heavy atom. The maximum absolute atomic E-state index is 13.2. The van der Waals surface area contributed by atoms with E-state index in [2.05, 4.69) is 5.16 Å². The number of hydrogen-bond acceptors (Lipinski definition) is 6. The molecule has 0 aliphatic rings. The second-order valence-corrected chi connectivity index (χ2v) is 7.30. The number of carbonyl (C=O) groups is 1. The topological polar surface area (TPSA) is 101 Å². The molecule has 0 amide bonds. The second kappa shape index (κ2) is 14.8. The first kappa shape index (κ1) is 27.9. The van der Waals surface area contributed by atoms with Crippen LogP contribution in [-0.2, 0) is 16.2 Å². The maximum Gasteiger partial charge on any atom is 0.305 e. The highest BCUT2D eigenvalue weighted by atomic mass is 19.1. The molecule has 7 nitrogen and oxygen atoms in total. The van der Waals surface area contributed by atoms with Crippen molar-refractivity contribution in [3.8, 4) is 17.6 Å². The second-order valence-electron chi connectivity index (χ2n) is 7.30. The van der Waals surface area contributed by atoms with Gasteiger partial charge in [-0.15, -0.1) is 0 Å². The number of ether oxygens (including phenoxy) is 2. The fourth-order valence-corrected chi connectivity index (χ4v) is 3.12. The predicted octanol–water partition coefficient (Wildman–Crippen LogP) is 5.94. The van der Waals surface area contributed by atoms with E-state index in [1.54, 1.807) is 48.5 Å². The van der Waals surface area contributed by atoms with Crippen LogP contribution >= 0.6 is 0 Å². The minimum atomic E-state index is -1.02. The number of rotatable bonds is 11. The lowest BCUT2D eigenvalue weighted by Crippen LogP contribution is -2.13. The van der Waals surface area contributed by atoms with Gasteiger partial charge < -0.3 is 19.4 Å². The average molecular weight is 493 g/mol. The number of carboxylic acid groups (broad SMARTS) is 1. The van der Waals surface area contributed by atoms with Crippen molar-refractivity contribution in [2.24, 2.45) is 5.16 Å². The van der Waals surface area contributed by atoms with Crippen LogP contribution in [0.5, 0.6) is 11.5 Å². The Hall–Kier alpha value is -4.38. The van der Waals surface area contributed by atoms with Crippen molar-refractivity contribution in [2.75, 3.05) is 13.7 Å². The SMILES string of the molecule is CC.CO/N=C(\COc1ccc(COc2ccc(C(C#N)CC(=O)O)cc2)cc1)c1ccc(F)cc1. The molecule has 0 saturated carbocycles. The van der Waals surface area contributed by atoms with Gasteiger partial charge in [-0.1, -0.05) is 43.3 Å². The zero-order valence-electron chi connectivity index (χ0n) is 20.5. The monoisotopic (exact) mass is 492 g/mol. The van der Waals surface area contributed by atoms with Gasteiger partial charge in [-0.2, -0.15) is 5.26 Å². The first-order chi connectivity index (χ1) is 17.5. The minimum Gasteiger partial charge on any atom is -0.489 e.